The highest BCUT2D eigenvalue weighted by Crippen LogP contribution is 2.30. The van der Waals surface area contributed by atoms with Crippen molar-refractivity contribution in [3.05, 3.63) is 106 Å². The summed E-state index contributed by atoms with van der Waals surface area (Å²) in [6.45, 7) is 3.71. The van der Waals surface area contributed by atoms with Crippen molar-refractivity contribution in [2.75, 3.05) is 18.1 Å². The summed E-state index contributed by atoms with van der Waals surface area (Å²) >= 11 is 1.76. The maximum absolute atomic E-state index is 12.4. The van der Waals surface area contributed by atoms with Gasteiger partial charge in [0.05, 0.1) is 12.2 Å². The van der Waals surface area contributed by atoms with E-state index in [2.05, 4.69) is 73.4 Å². The summed E-state index contributed by atoms with van der Waals surface area (Å²) in [5.41, 5.74) is 5.79. The van der Waals surface area contributed by atoms with Crippen LogP contribution in [0.5, 0.6) is 0 Å². The number of nitrogens with one attached hydrogen (secondary N) is 1. The minimum atomic E-state index is -0.299. The lowest BCUT2D eigenvalue weighted by atomic mass is 9.98. The highest BCUT2D eigenvalue weighted by atomic mass is 32.1. The molecular weight excluding hydrogens is 482 g/mol. The Morgan fingerprint density at radius 2 is 1.81 bits per heavy atom. The Hall–Kier alpha value is -4.30. The molecule has 0 aliphatic rings. The Morgan fingerprint density at radius 3 is 2.54 bits per heavy atom. The van der Waals surface area contributed by atoms with Gasteiger partial charge in [-0.2, -0.15) is 5.21 Å². The van der Waals surface area contributed by atoms with Gasteiger partial charge in [0.25, 0.3) is 0 Å². The molecule has 1 N–H and O–H groups in total. The van der Waals surface area contributed by atoms with Gasteiger partial charge in [-0.3, -0.25) is 0 Å². The number of H-pyrrole nitrogens is 1. The van der Waals surface area contributed by atoms with E-state index in [-0.39, 0.29) is 5.97 Å². The number of benzene rings is 3. The number of rotatable bonds is 10. The lowest BCUT2D eigenvalue weighted by Crippen LogP contribution is -2.25. The molecule has 0 amide bonds. The summed E-state index contributed by atoms with van der Waals surface area (Å²) < 4.78 is 5.22. The number of esters is 1. The van der Waals surface area contributed by atoms with Crippen molar-refractivity contribution in [2.45, 2.75) is 19.9 Å². The van der Waals surface area contributed by atoms with Gasteiger partial charge in [0.2, 0.25) is 5.82 Å². The second-order valence-corrected chi connectivity index (χ2v) is 9.53. The molecule has 186 valence electrons. The van der Waals surface area contributed by atoms with Gasteiger partial charge in [-0.25, -0.2) is 4.79 Å². The normalized spacial score (nSPS) is 10.8. The molecular formula is C29H27N5O2S. The Bertz CT molecular complexity index is 1430. The molecule has 0 fully saturated rings. The minimum Gasteiger partial charge on any atom is -0.462 e. The molecule has 37 heavy (non-hydrogen) atoms. The molecule has 0 radical (unpaired) electrons. The molecule has 8 heteroatoms. The van der Waals surface area contributed by atoms with Crippen molar-refractivity contribution in [3.8, 4) is 22.5 Å². The Labute approximate surface area is 219 Å². The standard InChI is InChI=1S/C29H27N5O2S/c1-2-36-29(35)23-7-5-8-24(19-23)34(17-16-25-9-6-18-37-25)20-21-12-14-22(15-13-21)26-10-3-4-11-27(26)28-30-32-33-31-28/h3-15,18-19H,2,16-17,20H2,1H3,(H,30,31,32,33). The summed E-state index contributed by atoms with van der Waals surface area (Å²) in [5.74, 6) is 0.271. The zero-order valence-corrected chi connectivity index (χ0v) is 21.3. The van der Waals surface area contributed by atoms with Gasteiger partial charge >= 0.3 is 5.97 Å². The van der Waals surface area contributed by atoms with E-state index >= 15 is 0 Å². The number of aromatic nitrogens is 4. The molecule has 7 nitrogen and oxygen atoms in total. The molecule has 5 aromatic rings. The number of aromatic amines is 1. The third kappa shape index (κ3) is 5.92. The largest absolute Gasteiger partial charge is 0.462 e. The number of ether oxygens (including phenoxy) is 1. The molecule has 0 bridgehead atoms. The van der Waals surface area contributed by atoms with Gasteiger partial charge in [0, 0.05) is 29.2 Å². The van der Waals surface area contributed by atoms with Crippen LogP contribution in [0.15, 0.2) is 90.3 Å². The van der Waals surface area contributed by atoms with E-state index < -0.39 is 0 Å². The van der Waals surface area contributed by atoms with Crippen LogP contribution in [0.2, 0.25) is 0 Å². The Balaban J connectivity index is 1.39. The Morgan fingerprint density at radius 1 is 0.973 bits per heavy atom. The molecule has 2 heterocycles. The van der Waals surface area contributed by atoms with Crippen molar-refractivity contribution in [1.82, 2.24) is 20.6 Å². The fraction of sp³-hybridized carbons (Fsp3) is 0.172. The second-order valence-electron chi connectivity index (χ2n) is 8.50. The van der Waals surface area contributed by atoms with Gasteiger partial charge in [-0.15, -0.1) is 21.5 Å². The van der Waals surface area contributed by atoms with E-state index in [1.165, 1.54) is 10.4 Å². The molecule has 2 aromatic heterocycles. The first-order valence-corrected chi connectivity index (χ1v) is 13.1. The summed E-state index contributed by atoms with van der Waals surface area (Å²) in [6.07, 6.45) is 0.928. The molecule has 0 saturated carbocycles. The molecule has 0 saturated heterocycles. The van der Waals surface area contributed by atoms with Crippen LogP contribution >= 0.6 is 11.3 Å². The first kappa shape index (κ1) is 24.4. The van der Waals surface area contributed by atoms with Crippen molar-refractivity contribution in [1.29, 1.82) is 0 Å². The van der Waals surface area contributed by atoms with Crippen LogP contribution in [0, 0.1) is 0 Å². The summed E-state index contributed by atoms with van der Waals surface area (Å²) in [4.78, 5) is 16.0. The lowest BCUT2D eigenvalue weighted by Gasteiger charge is -2.25. The van der Waals surface area contributed by atoms with Crippen LogP contribution in [-0.4, -0.2) is 39.7 Å². The van der Waals surface area contributed by atoms with Crippen LogP contribution in [0.4, 0.5) is 5.69 Å². The zero-order valence-electron chi connectivity index (χ0n) is 20.5. The molecule has 0 aliphatic heterocycles. The maximum Gasteiger partial charge on any atom is 0.338 e. The van der Waals surface area contributed by atoms with Crippen molar-refractivity contribution in [3.63, 3.8) is 0 Å². The van der Waals surface area contributed by atoms with Gasteiger partial charge in [0.1, 0.15) is 0 Å². The smallest absolute Gasteiger partial charge is 0.338 e. The third-order valence-corrected chi connectivity index (χ3v) is 7.02. The van der Waals surface area contributed by atoms with E-state index in [4.69, 9.17) is 4.74 Å². The van der Waals surface area contributed by atoms with E-state index in [0.717, 1.165) is 35.3 Å². The highest BCUT2D eigenvalue weighted by molar-refractivity contribution is 7.09. The predicted molar refractivity (Wildman–Crippen MR) is 147 cm³/mol. The van der Waals surface area contributed by atoms with Crippen LogP contribution in [-0.2, 0) is 17.7 Å². The molecule has 5 rings (SSSR count). The SMILES string of the molecule is CCOC(=O)c1cccc(N(CCc2cccs2)Cc2ccc(-c3ccccc3-c3nn[nH]n3)cc2)c1. The number of hydrogen-bond acceptors (Lipinski definition) is 7. The molecule has 0 atom stereocenters. The quantitative estimate of drug-likeness (QED) is 0.232. The maximum atomic E-state index is 12.4. The topological polar surface area (TPSA) is 84.0 Å². The van der Waals surface area contributed by atoms with E-state index in [1.807, 2.05) is 43.3 Å². The van der Waals surface area contributed by atoms with Gasteiger partial charge in [-0.05, 0) is 64.9 Å². The minimum absolute atomic E-state index is 0.299. The zero-order chi connectivity index (χ0) is 25.5. The number of hydrogen-bond donors (Lipinski definition) is 1. The summed E-state index contributed by atoms with van der Waals surface area (Å²) in [6, 6.07) is 28.5. The Kier molecular flexibility index (Phi) is 7.66. The van der Waals surface area contributed by atoms with Crippen molar-refractivity contribution >= 4 is 23.0 Å². The fourth-order valence-corrected chi connectivity index (χ4v) is 4.96. The molecule has 3 aromatic carbocycles. The van der Waals surface area contributed by atoms with Gasteiger partial charge < -0.3 is 9.64 Å². The first-order chi connectivity index (χ1) is 18.2. The van der Waals surface area contributed by atoms with E-state index in [9.17, 15) is 4.79 Å². The number of anilines is 1. The van der Waals surface area contributed by atoms with Crippen LogP contribution in [0.1, 0.15) is 27.7 Å². The van der Waals surface area contributed by atoms with Gasteiger partial charge in [0.15, 0.2) is 0 Å². The lowest BCUT2D eigenvalue weighted by molar-refractivity contribution is 0.0526. The average Bonchev–Trinajstić information content (AvgIpc) is 3.67. The number of thiophene rings is 1. The number of nitrogens with zero attached hydrogens (tertiary/aromatic N) is 4. The molecule has 0 aliphatic carbocycles. The molecule has 0 spiro atoms. The predicted octanol–water partition coefficient (Wildman–Crippen LogP) is 6.02. The second kappa shape index (κ2) is 11.6. The summed E-state index contributed by atoms with van der Waals surface area (Å²) in [7, 11) is 0. The van der Waals surface area contributed by atoms with Crippen LogP contribution < -0.4 is 4.90 Å². The van der Waals surface area contributed by atoms with E-state index in [0.29, 0.717) is 24.5 Å². The number of carbonyl (C=O) groups is 1. The molecule has 0 unspecified atom stereocenters. The van der Waals surface area contributed by atoms with Crippen LogP contribution in [0.25, 0.3) is 22.5 Å². The number of tetrazole rings is 1. The van der Waals surface area contributed by atoms with Crippen LogP contribution in [0.3, 0.4) is 0 Å². The monoisotopic (exact) mass is 509 g/mol. The van der Waals surface area contributed by atoms with Crippen molar-refractivity contribution < 1.29 is 9.53 Å². The summed E-state index contributed by atoms with van der Waals surface area (Å²) in [5, 5.41) is 16.6. The first-order valence-electron chi connectivity index (χ1n) is 12.2. The number of carbonyl (C=O) groups excluding carboxylic acids is 1. The highest BCUT2D eigenvalue weighted by Gasteiger charge is 2.14. The average molecular weight is 510 g/mol. The van der Waals surface area contributed by atoms with Crippen molar-refractivity contribution in [2.24, 2.45) is 0 Å². The third-order valence-electron chi connectivity index (χ3n) is 6.08. The fourth-order valence-electron chi connectivity index (χ4n) is 4.26. The van der Waals surface area contributed by atoms with E-state index in [1.54, 1.807) is 17.4 Å². The van der Waals surface area contributed by atoms with Gasteiger partial charge in [-0.1, -0.05) is 60.7 Å².